The van der Waals surface area contributed by atoms with Gasteiger partial charge in [-0.15, -0.1) is 0 Å². The summed E-state index contributed by atoms with van der Waals surface area (Å²) in [5.41, 5.74) is 5.01. The zero-order valence-corrected chi connectivity index (χ0v) is 14.6. The third-order valence-electron chi connectivity index (χ3n) is 3.63. The van der Waals surface area contributed by atoms with Crippen molar-refractivity contribution < 1.29 is 19.4 Å². The Hall–Kier alpha value is -1.10. The highest BCUT2D eigenvalue weighted by Crippen LogP contribution is 2.23. The first kappa shape index (κ1) is 20.9. The standard InChI is InChI=1S/C17H33NO4/c1-5-6-7-8-9-10-11-13(12-18)14(15(19)20)16(21)22-17(2,3)4/h13-14H,5-12,18H2,1-4H3,(H,19,20). The van der Waals surface area contributed by atoms with Crippen LogP contribution in [-0.2, 0) is 14.3 Å². The Morgan fingerprint density at radius 1 is 1.09 bits per heavy atom. The molecule has 0 rings (SSSR count). The number of carbonyl (C=O) groups is 2. The topological polar surface area (TPSA) is 89.6 Å². The number of esters is 1. The van der Waals surface area contributed by atoms with Crippen molar-refractivity contribution in [3.05, 3.63) is 0 Å². The van der Waals surface area contributed by atoms with Gasteiger partial charge in [0.05, 0.1) is 0 Å². The Balaban J connectivity index is 4.49. The first-order valence-electron chi connectivity index (χ1n) is 8.38. The first-order chi connectivity index (χ1) is 10.2. The average Bonchev–Trinajstić information content (AvgIpc) is 2.38. The molecule has 2 atom stereocenters. The van der Waals surface area contributed by atoms with Crippen molar-refractivity contribution in [2.75, 3.05) is 6.54 Å². The molecule has 0 aliphatic heterocycles. The fraction of sp³-hybridized carbons (Fsp3) is 0.882. The van der Waals surface area contributed by atoms with Crippen LogP contribution in [0.15, 0.2) is 0 Å². The molecular weight excluding hydrogens is 282 g/mol. The van der Waals surface area contributed by atoms with Gasteiger partial charge in [-0.05, 0) is 39.7 Å². The summed E-state index contributed by atoms with van der Waals surface area (Å²) in [6, 6.07) is 0. The van der Waals surface area contributed by atoms with Crippen molar-refractivity contribution >= 4 is 11.9 Å². The quantitative estimate of drug-likeness (QED) is 0.347. The predicted octanol–water partition coefficient (Wildman–Crippen LogP) is 3.35. The van der Waals surface area contributed by atoms with E-state index >= 15 is 0 Å². The van der Waals surface area contributed by atoms with Gasteiger partial charge in [0.25, 0.3) is 0 Å². The van der Waals surface area contributed by atoms with E-state index in [1.807, 2.05) is 0 Å². The lowest BCUT2D eigenvalue weighted by atomic mass is 9.87. The molecule has 2 unspecified atom stereocenters. The number of ether oxygens (including phenoxy) is 1. The third kappa shape index (κ3) is 9.03. The van der Waals surface area contributed by atoms with E-state index in [1.165, 1.54) is 19.3 Å². The molecule has 0 spiro atoms. The van der Waals surface area contributed by atoms with Crippen LogP contribution in [-0.4, -0.2) is 29.2 Å². The smallest absolute Gasteiger partial charge is 0.321 e. The van der Waals surface area contributed by atoms with E-state index in [0.29, 0.717) is 6.42 Å². The second kappa shape index (κ2) is 10.6. The zero-order valence-electron chi connectivity index (χ0n) is 14.6. The predicted molar refractivity (Wildman–Crippen MR) is 87.5 cm³/mol. The van der Waals surface area contributed by atoms with Gasteiger partial charge in [-0.1, -0.05) is 45.4 Å². The molecule has 0 amide bonds. The van der Waals surface area contributed by atoms with Gasteiger partial charge in [-0.2, -0.15) is 0 Å². The van der Waals surface area contributed by atoms with Gasteiger partial charge in [-0.25, -0.2) is 0 Å². The molecule has 0 radical (unpaired) electrons. The SMILES string of the molecule is CCCCCCCCC(CN)C(C(=O)O)C(=O)OC(C)(C)C. The van der Waals surface area contributed by atoms with Gasteiger partial charge in [0.1, 0.15) is 5.60 Å². The summed E-state index contributed by atoms with van der Waals surface area (Å²) in [6.45, 7) is 7.55. The number of aliphatic carboxylic acids is 1. The molecule has 0 aromatic heterocycles. The van der Waals surface area contributed by atoms with E-state index in [2.05, 4.69) is 6.92 Å². The Morgan fingerprint density at radius 3 is 2.09 bits per heavy atom. The van der Waals surface area contributed by atoms with Crippen LogP contribution >= 0.6 is 0 Å². The number of carbonyl (C=O) groups excluding carboxylic acids is 1. The van der Waals surface area contributed by atoms with E-state index < -0.39 is 23.5 Å². The maximum Gasteiger partial charge on any atom is 0.321 e. The third-order valence-corrected chi connectivity index (χ3v) is 3.63. The Kier molecular flexibility index (Phi) is 10.1. The minimum absolute atomic E-state index is 0.186. The number of carboxylic acids is 1. The van der Waals surface area contributed by atoms with E-state index in [0.717, 1.165) is 19.3 Å². The first-order valence-corrected chi connectivity index (χ1v) is 8.38. The van der Waals surface area contributed by atoms with E-state index in [1.54, 1.807) is 20.8 Å². The van der Waals surface area contributed by atoms with Crippen LogP contribution in [0.1, 0.15) is 72.6 Å². The molecule has 5 heteroatoms. The molecule has 130 valence electrons. The number of unbranched alkanes of at least 4 members (excludes halogenated alkanes) is 5. The summed E-state index contributed by atoms with van der Waals surface area (Å²) in [5.74, 6) is -3.35. The maximum atomic E-state index is 12.1. The molecule has 22 heavy (non-hydrogen) atoms. The Labute approximate surface area is 134 Å². The fourth-order valence-corrected chi connectivity index (χ4v) is 2.47. The summed E-state index contributed by atoms with van der Waals surface area (Å²) in [4.78, 5) is 23.6. The van der Waals surface area contributed by atoms with Crippen LogP contribution in [0.4, 0.5) is 0 Å². The molecule has 0 aromatic carbocycles. The lowest BCUT2D eigenvalue weighted by Gasteiger charge is -2.26. The second-order valence-electron chi connectivity index (χ2n) is 6.90. The van der Waals surface area contributed by atoms with Crippen LogP contribution in [0.3, 0.4) is 0 Å². The largest absolute Gasteiger partial charge is 0.481 e. The van der Waals surface area contributed by atoms with Gasteiger partial charge >= 0.3 is 11.9 Å². The normalized spacial score (nSPS) is 14.4. The van der Waals surface area contributed by atoms with Crippen LogP contribution in [0.25, 0.3) is 0 Å². The van der Waals surface area contributed by atoms with E-state index in [-0.39, 0.29) is 12.5 Å². The lowest BCUT2D eigenvalue weighted by molar-refractivity contribution is -0.169. The average molecular weight is 315 g/mol. The monoisotopic (exact) mass is 315 g/mol. The van der Waals surface area contributed by atoms with Crippen LogP contribution in [0, 0.1) is 11.8 Å². The molecule has 5 nitrogen and oxygen atoms in total. The summed E-state index contributed by atoms with van der Waals surface area (Å²) in [6.07, 6.45) is 7.39. The number of hydrogen-bond donors (Lipinski definition) is 2. The second-order valence-corrected chi connectivity index (χ2v) is 6.90. The van der Waals surface area contributed by atoms with Gasteiger partial charge in [0.2, 0.25) is 0 Å². The summed E-state index contributed by atoms with van der Waals surface area (Å²) in [7, 11) is 0. The molecule has 0 heterocycles. The fourth-order valence-electron chi connectivity index (χ4n) is 2.47. The molecular formula is C17H33NO4. The molecule has 0 bridgehead atoms. The van der Waals surface area contributed by atoms with Gasteiger partial charge in [-0.3, -0.25) is 9.59 Å². The highest BCUT2D eigenvalue weighted by atomic mass is 16.6. The number of carboxylic acid groups (broad SMARTS) is 1. The molecule has 0 fully saturated rings. The molecule has 0 aliphatic carbocycles. The van der Waals surface area contributed by atoms with Crippen LogP contribution in [0.5, 0.6) is 0 Å². The highest BCUT2D eigenvalue weighted by Gasteiger charge is 2.37. The van der Waals surface area contributed by atoms with Crippen molar-refractivity contribution in [2.24, 2.45) is 17.6 Å². The number of nitrogens with two attached hydrogens (primary N) is 1. The summed E-state index contributed by atoms with van der Waals surface area (Å²) in [5, 5.41) is 9.36. The number of rotatable bonds is 11. The highest BCUT2D eigenvalue weighted by molar-refractivity contribution is 5.94. The van der Waals surface area contributed by atoms with Crippen LogP contribution in [0.2, 0.25) is 0 Å². The van der Waals surface area contributed by atoms with Gasteiger partial charge in [0.15, 0.2) is 5.92 Å². The molecule has 0 saturated heterocycles. The molecule has 3 N–H and O–H groups in total. The molecule has 0 saturated carbocycles. The van der Waals surface area contributed by atoms with Crippen molar-refractivity contribution in [2.45, 2.75) is 78.2 Å². The lowest BCUT2D eigenvalue weighted by Crippen LogP contribution is -2.39. The van der Waals surface area contributed by atoms with Crippen molar-refractivity contribution in [1.82, 2.24) is 0 Å². The van der Waals surface area contributed by atoms with Crippen molar-refractivity contribution in [3.63, 3.8) is 0 Å². The van der Waals surface area contributed by atoms with Crippen molar-refractivity contribution in [3.8, 4) is 0 Å². The number of hydrogen-bond acceptors (Lipinski definition) is 4. The van der Waals surface area contributed by atoms with Gasteiger partial charge < -0.3 is 15.6 Å². The maximum absolute atomic E-state index is 12.1. The molecule has 0 aromatic rings. The van der Waals surface area contributed by atoms with E-state index in [9.17, 15) is 14.7 Å². The zero-order chi connectivity index (χ0) is 17.2. The van der Waals surface area contributed by atoms with Crippen molar-refractivity contribution in [1.29, 1.82) is 0 Å². The molecule has 0 aliphatic rings. The summed E-state index contributed by atoms with van der Waals surface area (Å²) < 4.78 is 5.23. The Morgan fingerprint density at radius 2 is 1.64 bits per heavy atom. The van der Waals surface area contributed by atoms with Crippen LogP contribution < -0.4 is 5.73 Å². The Bertz CT molecular complexity index is 336. The van der Waals surface area contributed by atoms with E-state index in [4.69, 9.17) is 10.5 Å². The summed E-state index contributed by atoms with van der Waals surface area (Å²) >= 11 is 0. The minimum Gasteiger partial charge on any atom is -0.481 e. The minimum atomic E-state index is -1.17. The van der Waals surface area contributed by atoms with Gasteiger partial charge in [0, 0.05) is 0 Å².